The van der Waals surface area contributed by atoms with E-state index in [1.54, 1.807) is 18.2 Å². The molecule has 1 saturated heterocycles. The summed E-state index contributed by atoms with van der Waals surface area (Å²) in [4.78, 5) is 14.8. The highest BCUT2D eigenvalue weighted by atomic mass is 32.2. The zero-order chi connectivity index (χ0) is 18.7. The molecule has 0 spiro atoms. The molecule has 3 rings (SSSR count). The monoisotopic (exact) mass is 373 g/mol. The average Bonchev–Trinajstić information content (AvgIpc) is 3.08. The van der Waals surface area contributed by atoms with Crippen LogP contribution in [-0.4, -0.2) is 33.7 Å². The van der Waals surface area contributed by atoms with Crippen molar-refractivity contribution in [3.05, 3.63) is 53.6 Å². The number of aryl methyl sites for hydroxylation is 1. The van der Waals surface area contributed by atoms with Crippen molar-refractivity contribution in [1.82, 2.24) is 0 Å². The Morgan fingerprint density at radius 1 is 1.04 bits per heavy atom. The van der Waals surface area contributed by atoms with Crippen LogP contribution in [0.2, 0.25) is 0 Å². The van der Waals surface area contributed by atoms with Crippen LogP contribution in [0, 0.1) is 6.92 Å². The lowest BCUT2D eigenvalue weighted by Crippen LogP contribution is -2.19. The number of hydrogen-bond donors (Lipinski definition) is 2. The fourth-order valence-electron chi connectivity index (χ4n) is 3.19. The minimum absolute atomic E-state index is 0.282. The Kier molecular flexibility index (Phi) is 5.18. The number of rotatable bonds is 5. The molecule has 138 valence electrons. The number of sulfonamides is 1. The van der Waals surface area contributed by atoms with Gasteiger partial charge < -0.3 is 10.2 Å². The highest BCUT2D eigenvalue weighted by Gasteiger charge is 2.15. The topological polar surface area (TPSA) is 78.5 Å². The molecular weight excluding hydrogens is 350 g/mol. The van der Waals surface area contributed by atoms with Crippen LogP contribution in [0.4, 0.5) is 17.1 Å². The number of hydrogen-bond acceptors (Lipinski definition) is 4. The molecule has 1 amide bonds. The van der Waals surface area contributed by atoms with Gasteiger partial charge >= 0.3 is 0 Å². The molecule has 0 bridgehead atoms. The summed E-state index contributed by atoms with van der Waals surface area (Å²) in [5, 5.41) is 2.87. The highest BCUT2D eigenvalue weighted by Crippen LogP contribution is 2.27. The molecule has 2 aromatic carbocycles. The van der Waals surface area contributed by atoms with Crippen LogP contribution in [0.1, 0.15) is 28.8 Å². The predicted molar refractivity (Wildman–Crippen MR) is 105 cm³/mol. The van der Waals surface area contributed by atoms with Gasteiger partial charge in [0.05, 0.1) is 6.26 Å². The third-order valence-electron chi connectivity index (χ3n) is 4.33. The van der Waals surface area contributed by atoms with Gasteiger partial charge in [-0.2, -0.15) is 0 Å². The zero-order valence-electron chi connectivity index (χ0n) is 15.0. The quantitative estimate of drug-likeness (QED) is 0.843. The Bertz CT molecular complexity index is 919. The first-order valence-corrected chi connectivity index (χ1v) is 10.5. The van der Waals surface area contributed by atoms with Crippen LogP contribution in [0.3, 0.4) is 0 Å². The lowest BCUT2D eigenvalue weighted by atomic mass is 10.1. The van der Waals surface area contributed by atoms with Crippen molar-refractivity contribution in [1.29, 1.82) is 0 Å². The van der Waals surface area contributed by atoms with Crippen molar-refractivity contribution in [2.75, 3.05) is 34.3 Å². The molecule has 6 nitrogen and oxygen atoms in total. The van der Waals surface area contributed by atoms with E-state index in [9.17, 15) is 13.2 Å². The maximum absolute atomic E-state index is 12.5. The molecule has 1 aliphatic rings. The Labute approximate surface area is 154 Å². The molecule has 1 heterocycles. The molecule has 0 aromatic heterocycles. The van der Waals surface area contributed by atoms with Crippen molar-refractivity contribution < 1.29 is 13.2 Å². The Morgan fingerprint density at radius 2 is 1.77 bits per heavy atom. The lowest BCUT2D eigenvalue weighted by Gasteiger charge is -2.20. The van der Waals surface area contributed by atoms with Gasteiger partial charge in [-0.3, -0.25) is 9.52 Å². The first kappa shape index (κ1) is 18.3. The van der Waals surface area contributed by atoms with E-state index in [-0.39, 0.29) is 5.91 Å². The van der Waals surface area contributed by atoms with E-state index in [2.05, 4.69) is 14.9 Å². The molecule has 0 atom stereocenters. The third kappa shape index (κ3) is 4.54. The average molecular weight is 373 g/mol. The normalized spacial score (nSPS) is 14.3. The van der Waals surface area contributed by atoms with Crippen LogP contribution < -0.4 is 14.9 Å². The molecular formula is C19H23N3O3S. The Balaban J connectivity index is 1.73. The first-order chi connectivity index (χ1) is 12.3. The minimum Gasteiger partial charge on any atom is -0.371 e. The van der Waals surface area contributed by atoms with Gasteiger partial charge in [0, 0.05) is 35.7 Å². The lowest BCUT2D eigenvalue weighted by molar-refractivity contribution is 0.102. The molecule has 26 heavy (non-hydrogen) atoms. The highest BCUT2D eigenvalue weighted by molar-refractivity contribution is 7.92. The smallest absolute Gasteiger partial charge is 0.255 e. The van der Waals surface area contributed by atoms with Gasteiger partial charge in [-0.25, -0.2) is 8.42 Å². The van der Waals surface area contributed by atoms with E-state index in [1.807, 2.05) is 25.1 Å². The van der Waals surface area contributed by atoms with E-state index in [4.69, 9.17) is 0 Å². The molecule has 0 aliphatic carbocycles. The van der Waals surface area contributed by atoms with Crippen LogP contribution in [0.15, 0.2) is 42.5 Å². The van der Waals surface area contributed by atoms with Crippen molar-refractivity contribution >= 4 is 33.0 Å². The summed E-state index contributed by atoms with van der Waals surface area (Å²) in [5.74, 6) is -0.282. The van der Waals surface area contributed by atoms with E-state index in [0.29, 0.717) is 11.3 Å². The van der Waals surface area contributed by atoms with Gasteiger partial charge in [-0.1, -0.05) is 6.07 Å². The van der Waals surface area contributed by atoms with Gasteiger partial charge in [-0.05, 0) is 61.7 Å². The fraction of sp³-hybridized carbons (Fsp3) is 0.316. The minimum atomic E-state index is -3.38. The largest absolute Gasteiger partial charge is 0.371 e. The number of nitrogens with one attached hydrogen (secondary N) is 2. The molecule has 0 saturated carbocycles. The van der Waals surface area contributed by atoms with Crippen molar-refractivity contribution in [2.45, 2.75) is 19.8 Å². The van der Waals surface area contributed by atoms with Crippen LogP contribution in [0.25, 0.3) is 0 Å². The molecule has 2 N–H and O–H groups in total. The molecule has 0 unspecified atom stereocenters. The maximum atomic E-state index is 12.5. The van der Waals surface area contributed by atoms with Crippen LogP contribution in [-0.2, 0) is 10.0 Å². The second-order valence-corrected chi connectivity index (χ2v) is 8.35. The summed E-state index contributed by atoms with van der Waals surface area (Å²) < 4.78 is 25.0. The SMILES string of the molecule is Cc1cc(NC(=O)c2cccc(NS(C)(=O)=O)c2)ccc1N1CCCC1. The molecule has 1 aliphatic heterocycles. The molecule has 7 heteroatoms. The van der Waals surface area contributed by atoms with Crippen molar-refractivity contribution in [2.24, 2.45) is 0 Å². The summed E-state index contributed by atoms with van der Waals surface area (Å²) in [6.07, 6.45) is 3.51. The number of anilines is 3. The number of benzene rings is 2. The summed E-state index contributed by atoms with van der Waals surface area (Å²) in [5.41, 5.74) is 3.80. The number of nitrogens with zero attached hydrogens (tertiary/aromatic N) is 1. The van der Waals surface area contributed by atoms with E-state index in [0.717, 1.165) is 30.6 Å². The molecule has 1 fully saturated rings. The second-order valence-electron chi connectivity index (χ2n) is 6.60. The first-order valence-electron chi connectivity index (χ1n) is 8.57. The van der Waals surface area contributed by atoms with Crippen molar-refractivity contribution in [3.63, 3.8) is 0 Å². The second kappa shape index (κ2) is 7.37. The summed E-state index contributed by atoms with van der Waals surface area (Å²) >= 11 is 0. The van der Waals surface area contributed by atoms with Gasteiger partial charge in [0.2, 0.25) is 10.0 Å². The number of carbonyl (C=O) groups is 1. The Hall–Kier alpha value is -2.54. The summed E-state index contributed by atoms with van der Waals surface area (Å²) in [7, 11) is -3.38. The summed E-state index contributed by atoms with van der Waals surface area (Å²) in [6, 6.07) is 12.3. The van der Waals surface area contributed by atoms with Crippen molar-refractivity contribution in [3.8, 4) is 0 Å². The van der Waals surface area contributed by atoms with E-state index < -0.39 is 10.0 Å². The van der Waals surface area contributed by atoms with E-state index >= 15 is 0 Å². The predicted octanol–water partition coefficient (Wildman–Crippen LogP) is 3.22. The molecule has 0 radical (unpaired) electrons. The summed E-state index contributed by atoms with van der Waals surface area (Å²) in [6.45, 7) is 4.19. The van der Waals surface area contributed by atoms with Gasteiger partial charge in [0.1, 0.15) is 0 Å². The fourth-order valence-corrected chi connectivity index (χ4v) is 3.74. The van der Waals surface area contributed by atoms with E-state index in [1.165, 1.54) is 24.6 Å². The molecule has 2 aromatic rings. The maximum Gasteiger partial charge on any atom is 0.255 e. The van der Waals surface area contributed by atoms with Gasteiger partial charge in [-0.15, -0.1) is 0 Å². The third-order valence-corrected chi connectivity index (χ3v) is 4.94. The standard InChI is InChI=1S/C19H23N3O3S/c1-14-12-16(8-9-18(14)22-10-3-4-11-22)20-19(23)15-6-5-7-17(13-15)21-26(2,24)25/h5-9,12-13,21H,3-4,10-11H2,1-2H3,(H,20,23). The number of carbonyl (C=O) groups excluding carboxylic acids is 1. The Morgan fingerprint density at radius 3 is 2.42 bits per heavy atom. The van der Waals surface area contributed by atoms with Gasteiger partial charge in [0.15, 0.2) is 0 Å². The van der Waals surface area contributed by atoms with Gasteiger partial charge in [0.25, 0.3) is 5.91 Å². The van der Waals surface area contributed by atoms with Crippen LogP contribution >= 0.6 is 0 Å². The van der Waals surface area contributed by atoms with Crippen LogP contribution in [0.5, 0.6) is 0 Å². The zero-order valence-corrected chi connectivity index (χ0v) is 15.8. The number of amides is 1.